The molecule has 1 atom stereocenters. The summed E-state index contributed by atoms with van der Waals surface area (Å²) >= 11 is 5.86. The van der Waals surface area contributed by atoms with Gasteiger partial charge in [-0.15, -0.1) is 0 Å². The summed E-state index contributed by atoms with van der Waals surface area (Å²) in [5.41, 5.74) is 1.10. The lowest BCUT2D eigenvalue weighted by molar-refractivity contribution is -0.124. The second kappa shape index (κ2) is 8.84. The third-order valence-electron chi connectivity index (χ3n) is 4.15. The van der Waals surface area contributed by atoms with E-state index in [-0.39, 0.29) is 11.6 Å². The van der Waals surface area contributed by atoms with Gasteiger partial charge in [0.1, 0.15) is 13.2 Å². The van der Waals surface area contributed by atoms with Crippen LogP contribution in [0.4, 0.5) is 0 Å². The van der Waals surface area contributed by atoms with Crippen LogP contribution in [-0.2, 0) is 9.53 Å². The van der Waals surface area contributed by atoms with Gasteiger partial charge in [0.25, 0.3) is 5.91 Å². The van der Waals surface area contributed by atoms with Crippen LogP contribution in [0.5, 0.6) is 17.2 Å². The van der Waals surface area contributed by atoms with Crippen molar-refractivity contribution >= 4 is 23.5 Å². The van der Waals surface area contributed by atoms with Gasteiger partial charge in [-0.05, 0) is 36.8 Å². The highest BCUT2D eigenvalue weighted by molar-refractivity contribution is 6.30. The van der Waals surface area contributed by atoms with E-state index >= 15 is 0 Å². The fourth-order valence-electron chi connectivity index (χ4n) is 2.72. The first-order chi connectivity index (χ1) is 13.5. The Hall–Kier alpha value is -2.93. The number of ether oxygens (including phenoxy) is 4. The molecule has 0 radical (unpaired) electrons. The average Bonchev–Trinajstić information content (AvgIpc) is 2.71. The van der Waals surface area contributed by atoms with Gasteiger partial charge < -0.3 is 24.3 Å². The number of fused-ring (bicyclic) bond motifs is 1. The minimum atomic E-state index is -0.662. The molecule has 0 aliphatic carbocycles. The Labute approximate surface area is 167 Å². The topological polar surface area (TPSA) is 83.1 Å². The lowest BCUT2D eigenvalue weighted by atomic mass is 10.1. The van der Waals surface area contributed by atoms with Crippen molar-refractivity contribution in [1.29, 1.82) is 0 Å². The minimum Gasteiger partial charge on any atom is -0.493 e. The first-order valence-corrected chi connectivity index (χ1v) is 9.05. The number of nitrogens with one attached hydrogen (secondary N) is 1. The number of hydrogen-bond acceptors (Lipinski definition) is 6. The van der Waals surface area contributed by atoms with Crippen molar-refractivity contribution < 1.29 is 28.5 Å². The number of halogens is 1. The molecule has 2 aromatic rings. The largest absolute Gasteiger partial charge is 0.493 e. The lowest BCUT2D eigenvalue weighted by Gasteiger charge is -2.21. The first kappa shape index (κ1) is 19.8. The summed E-state index contributed by atoms with van der Waals surface area (Å²) in [7, 11) is 1.47. The molecule has 28 heavy (non-hydrogen) atoms. The maximum atomic E-state index is 12.3. The fourth-order valence-corrected chi connectivity index (χ4v) is 2.85. The Morgan fingerprint density at radius 1 is 1.18 bits per heavy atom. The monoisotopic (exact) mass is 405 g/mol. The molecule has 0 fully saturated rings. The average molecular weight is 406 g/mol. The molecule has 0 bridgehead atoms. The van der Waals surface area contributed by atoms with E-state index in [1.807, 2.05) is 19.1 Å². The number of rotatable bonds is 6. The molecule has 0 unspecified atom stereocenters. The van der Waals surface area contributed by atoms with Gasteiger partial charge in [-0.1, -0.05) is 23.7 Å². The zero-order valence-corrected chi connectivity index (χ0v) is 16.2. The molecular formula is C20H20ClNO6. The van der Waals surface area contributed by atoms with Crippen molar-refractivity contribution in [1.82, 2.24) is 5.32 Å². The molecule has 1 heterocycles. The highest BCUT2D eigenvalue weighted by atomic mass is 35.5. The number of methoxy groups -OCH3 is 1. The second-order valence-electron chi connectivity index (χ2n) is 6.12. The molecule has 2 aromatic carbocycles. The molecule has 0 aromatic heterocycles. The van der Waals surface area contributed by atoms with Crippen molar-refractivity contribution in [2.45, 2.75) is 13.0 Å². The number of carbonyl (C=O) groups is 2. The summed E-state index contributed by atoms with van der Waals surface area (Å²) in [5, 5.41) is 3.38. The quantitative estimate of drug-likeness (QED) is 0.743. The molecule has 1 aliphatic heterocycles. The van der Waals surface area contributed by atoms with Gasteiger partial charge in [0, 0.05) is 5.02 Å². The Morgan fingerprint density at radius 3 is 2.61 bits per heavy atom. The predicted octanol–water partition coefficient (Wildman–Crippen LogP) is 3.15. The Morgan fingerprint density at radius 2 is 1.89 bits per heavy atom. The van der Waals surface area contributed by atoms with Crippen LogP contribution >= 0.6 is 11.6 Å². The van der Waals surface area contributed by atoms with E-state index in [2.05, 4.69) is 5.32 Å². The van der Waals surface area contributed by atoms with Crippen LogP contribution in [0.2, 0.25) is 5.02 Å². The van der Waals surface area contributed by atoms with Gasteiger partial charge >= 0.3 is 5.97 Å². The van der Waals surface area contributed by atoms with Crippen LogP contribution in [0, 0.1) is 0 Å². The molecule has 0 saturated heterocycles. The van der Waals surface area contributed by atoms with E-state index < -0.39 is 18.5 Å². The maximum absolute atomic E-state index is 12.3. The standard InChI is InChI=1S/C20H20ClNO6/c1-12(13-3-5-15(21)6-4-13)22-18(23)11-28-20(24)14-9-16(25-2)19-17(10-14)26-7-8-27-19/h3-6,9-10,12H,7-8,11H2,1-2H3,(H,22,23)/t12-/m0/s1. The summed E-state index contributed by atoms with van der Waals surface area (Å²) in [6.07, 6.45) is 0. The molecule has 8 heteroatoms. The van der Waals surface area contributed by atoms with E-state index in [9.17, 15) is 9.59 Å². The zero-order valence-electron chi connectivity index (χ0n) is 15.5. The summed E-state index contributed by atoms with van der Waals surface area (Å²) in [6.45, 7) is 2.20. The SMILES string of the molecule is COc1cc(C(=O)OCC(=O)N[C@@H](C)c2ccc(Cl)cc2)cc2c1OCCO2. The molecule has 0 saturated carbocycles. The number of carbonyl (C=O) groups excluding carboxylic acids is 2. The van der Waals surface area contributed by atoms with Crippen LogP contribution in [0.1, 0.15) is 28.9 Å². The summed E-state index contributed by atoms with van der Waals surface area (Å²) in [5.74, 6) is 0.132. The van der Waals surface area contributed by atoms with Crippen molar-refractivity contribution in [3.8, 4) is 17.2 Å². The number of hydrogen-bond donors (Lipinski definition) is 1. The molecule has 1 N–H and O–H groups in total. The van der Waals surface area contributed by atoms with Gasteiger partial charge in [0.05, 0.1) is 18.7 Å². The lowest BCUT2D eigenvalue weighted by Crippen LogP contribution is -2.31. The van der Waals surface area contributed by atoms with E-state index in [1.54, 1.807) is 12.1 Å². The van der Waals surface area contributed by atoms with Crippen molar-refractivity contribution in [3.63, 3.8) is 0 Å². The van der Waals surface area contributed by atoms with E-state index in [0.717, 1.165) is 5.56 Å². The van der Waals surface area contributed by atoms with Crippen LogP contribution in [0.15, 0.2) is 36.4 Å². The Balaban J connectivity index is 1.59. The molecule has 148 valence electrons. The van der Waals surface area contributed by atoms with Gasteiger partial charge in [0.2, 0.25) is 5.75 Å². The summed E-state index contributed by atoms with van der Waals surface area (Å²) < 4.78 is 21.3. The van der Waals surface area contributed by atoms with Crippen LogP contribution in [0.25, 0.3) is 0 Å². The van der Waals surface area contributed by atoms with Crippen molar-refractivity contribution in [2.75, 3.05) is 26.9 Å². The Bertz CT molecular complexity index is 850. The fraction of sp³-hybridized carbons (Fsp3) is 0.300. The summed E-state index contributed by atoms with van der Waals surface area (Å²) in [6, 6.07) is 9.88. The third-order valence-corrected chi connectivity index (χ3v) is 4.40. The highest BCUT2D eigenvalue weighted by Gasteiger charge is 2.22. The van der Waals surface area contributed by atoms with Gasteiger partial charge in [0.15, 0.2) is 18.1 Å². The van der Waals surface area contributed by atoms with E-state index in [0.29, 0.717) is 35.5 Å². The first-order valence-electron chi connectivity index (χ1n) is 8.67. The van der Waals surface area contributed by atoms with E-state index in [1.165, 1.54) is 19.2 Å². The normalized spacial score (nSPS) is 13.4. The van der Waals surface area contributed by atoms with E-state index in [4.69, 9.17) is 30.5 Å². The number of esters is 1. The van der Waals surface area contributed by atoms with Crippen molar-refractivity contribution in [2.24, 2.45) is 0 Å². The van der Waals surface area contributed by atoms with Crippen LogP contribution in [0.3, 0.4) is 0 Å². The molecule has 3 rings (SSSR count). The molecule has 0 spiro atoms. The molecule has 1 aliphatic rings. The smallest absolute Gasteiger partial charge is 0.338 e. The van der Waals surface area contributed by atoms with Gasteiger partial charge in [-0.25, -0.2) is 4.79 Å². The van der Waals surface area contributed by atoms with Crippen molar-refractivity contribution in [3.05, 3.63) is 52.5 Å². The van der Waals surface area contributed by atoms with Gasteiger partial charge in [-0.3, -0.25) is 4.79 Å². The summed E-state index contributed by atoms with van der Waals surface area (Å²) in [4.78, 5) is 24.4. The highest BCUT2D eigenvalue weighted by Crippen LogP contribution is 2.40. The third kappa shape index (κ3) is 4.67. The molecular weight excluding hydrogens is 386 g/mol. The second-order valence-corrected chi connectivity index (χ2v) is 6.56. The van der Waals surface area contributed by atoms with Crippen LogP contribution < -0.4 is 19.5 Å². The minimum absolute atomic E-state index is 0.208. The van der Waals surface area contributed by atoms with Gasteiger partial charge in [-0.2, -0.15) is 0 Å². The van der Waals surface area contributed by atoms with Crippen LogP contribution in [-0.4, -0.2) is 38.8 Å². The maximum Gasteiger partial charge on any atom is 0.338 e. The predicted molar refractivity (Wildman–Crippen MR) is 102 cm³/mol. The molecule has 7 nitrogen and oxygen atoms in total. The number of benzene rings is 2. The zero-order chi connectivity index (χ0) is 20.1. The number of amides is 1. The molecule has 1 amide bonds. The Kier molecular flexibility index (Phi) is 6.26.